The van der Waals surface area contributed by atoms with Gasteiger partial charge in [0, 0.05) is 18.6 Å². The van der Waals surface area contributed by atoms with Crippen LogP contribution in [0, 0.1) is 0 Å². The third-order valence-corrected chi connectivity index (χ3v) is 2.26. The molecule has 1 N–H and O–H groups in total. The molecule has 0 aliphatic carbocycles. The second-order valence-electron chi connectivity index (χ2n) is 1.91. The number of rotatable bonds is 3. The van der Waals surface area contributed by atoms with Gasteiger partial charge in [0.2, 0.25) is 0 Å². The Morgan fingerprint density at radius 1 is 1.29 bits per heavy atom. The Morgan fingerprint density at radius 3 is 2.06 bits per heavy atom. The van der Waals surface area contributed by atoms with Gasteiger partial charge in [-0.25, -0.2) is 4.98 Å². The van der Waals surface area contributed by atoms with E-state index in [1.165, 1.54) is 6.20 Å². The molecule has 1 heterocycles. The van der Waals surface area contributed by atoms with Crippen LogP contribution in [0.1, 0.15) is 0 Å². The van der Waals surface area contributed by atoms with Crippen LogP contribution in [0.5, 0.6) is 0 Å². The Balaban J connectivity index is -0.000000208. The molecule has 0 amide bonds. The second kappa shape index (κ2) is 15.1. The molecule has 17 heavy (non-hydrogen) atoms. The fraction of sp³-hybridized carbons (Fsp3) is 0. The van der Waals surface area contributed by atoms with Crippen molar-refractivity contribution >= 4 is 22.7 Å². The minimum absolute atomic E-state index is 0. The van der Waals surface area contributed by atoms with Gasteiger partial charge in [0.15, 0.2) is 0 Å². The molecule has 0 fully saturated rings. The Hall–Kier alpha value is 1.09. The van der Waals surface area contributed by atoms with Crippen molar-refractivity contribution < 1.29 is 87.4 Å². The molecule has 2 unspecified atom stereocenters. The van der Waals surface area contributed by atoms with Crippen molar-refractivity contribution in [2.45, 2.75) is 0 Å². The van der Waals surface area contributed by atoms with Crippen molar-refractivity contribution in [3.8, 4) is 0 Å². The van der Waals surface area contributed by atoms with Crippen LogP contribution in [0.3, 0.4) is 0 Å². The molecule has 12 heteroatoms. The Bertz CT molecular complexity index is 334. The van der Waals surface area contributed by atoms with Crippen molar-refractivity contribution in [2.75, 3.05) is 0 Å². The van der Waals surface area contributed by atoms with Crippen LogP contribution in [0.25, 0.3) is 6.20 Å². The summed E-state index contributed by atoms with van der Waals surface area (Å²) in [6.45, 7) is 0. The summed E-state index contributed by atoms with van der Waals surface area (Å²) in [5.74, 6) is 0. The zero-order chi connectivity index (χ0) is 11.7. The van der Waals surface area contributed by atoms with Gasteiger partial charge in [-0.3, -0.25) is 4.31 Å². The van der Waals surface area contributed by atoms with Crippen LogP contribution in [0.4, 0.5) is 0 Å². The van der Waals surface area contributed by atoms with Crippen LogP contribution >= 0.6 is 16.5 Å². The normalized spacial score (nSPS) is 12.6. The second-order valence-corrected chi connectivity index (χ2v) is 3.73. The van der Waals surface area contributed by atoms with Gasteiger partial charge in [0.25, 0.3) is 0 Å². The van der Waals surface area contributed by atoms with E-state index < -0.39 is 16.5 Å². The third kappa shape index (κ3) is 17.1. The van der Waals surface area contributed by atoms with Crippen LogP contribution in [-0.2, 0) is 13.4 Å². The first kappa shape index (κ1) is 23.2. The largest absolute Gasteiger partial charge is 1.00 e. The first-order valence-electron chi connectivity index (χ1n) is 3.44. The fourth-order valence-corrected chi connectivity index (χ4v) is 1.05. The molecule has 0 aliphatic rings. The summed E-state index contributed by atoms with van der Waals surface area (Å²) >= 11 is 0. The summed E-state index contributed by atoms with van der Waals surface area (Å²) in [4.78, 5) is 22.3. The molecule has 0 aromatic carbocycles. The average molecular weight is 300 g/mol. The van der Waals surface area contributed by atoms with Crippen molar-refractivity contribution in [3.05, 3.63) is 25.0 Å². The van der Waals surface area contributed by atoms with Crippen molar-refractivity contribution in [3.63, 3.8) is 0 Å². The summed E-state index contributed by atoms with van der Waals surface area (Å²) in [6, 6.07) is 0. The molecule has 8 nitrogen and oxygen atoms in total. The summed E-state index contributed by atoms with van der Waals surface area (Å²) in [5, 5.41) is 8.21. The summed E-state index contributed by atoms with van der Waals surface area (Å²) in [6.07, 6.45) is 7.41. The summed E-state index contributed by atoms with van der Waals surface area (Å²) in [5.41, 5.74) is 0. The Labute approximate surface area is 143 Å². The van der Waals surface area contributed by atoms with Gasteiger partial charge in [0.05, 0.1) is 12.6 Å². The number of aromatic nitrogens is 2. The maximum Gasteiger partial charge on any atom is 1.00 e. The Morgan fingerprint density at radius 2 is 1.82 bits per heavy atom. The number of aliphatic hydroxyl groups is 1. The molecular weight excluding hydrogens is 292 g/mol. The molecule has 0 radical (unpaired) electrons. The van der Waals surface area contributed by atoms with Crippen LogP contribution in [-0.4, -0.2) is 14.7 Å². The van der Waals surface area contributed by atoms with Crippen molar-refractivity contribution in [1.82, 2.24) is 9.55 Å². The molecule has 0 saturated heterocycles. The van der Waals surface area contributed by atoms with Crippen molar-refractivity contribution in [1.29, 1.82) is 0 Å². The smallest absolute Gasteiger partial charge is 0.781 e. The van der Waals surface area contributed by atoms with Gasteiger partial charge in [-0.05, 0) is 0 Å². The fourth-order valence-electron chi connectivity index (χ4n) is 0.503. The van der Waals surface area contributed by atoms with Crippen LogP contribution < -0.4 is 68.9 Å². The van der Waals surface area contributed by atoms with E-state index in [9.17, 15) is 18.9 Å². The van der Waals surface area contributed by atoms with E-state index in [4.69, 9.17) is 5.11 Å². The van der Waals surface area contributed by atoms with E-state index in [1.807, 2.05) is 0 Å². The van der Waals surface area contributed by atoms with E-state index in [0.717, 1.165) is 6.26 Å². The molecule has 1 aromatic heterocycles. The van der Waals surface area contributed by atoms with E-state index in [-0.39, 0.29) is 59.1 Å². The van der Waals surface area contributed by atoms with E-state index in [0.29, 0.717) is 0 Å². The van der Waals surface area contributed by atoms with E-state index in [1.54, 1.807) is 23.3 Å². The molecule has 86 valence electrons. The standard InChI is InChI=1S/C5H6N2O.2Na.H4O5P2/c8-4-3-7-2-1-6-5-7;;;1-6(2)5-7(3)4/h1-5,8H;;;6-7H,(H,1,2)(H,3,4)/q;2*+1;/p-2. The van der Waals surface area contributed by atoms with Gasteiger partial charge in [-0.1, -0.05) is 0 Å². The number of hydrogen-bond acceptors (Lipinski definition) is 7. The molecular formula is C5H8N2Na2O6P2. The molecule has 1 rings (SSSR count). The SMILES string of the molecule is O=[PH]([O-])O[PH](=O)[O-].OC=Cn1ccnc1.[Na+].[Na+]. The summed E-state index contributed by atoms with van der Waals surface area (Å²) < 4.78 is 23.4. The zero-order valence-electron chi connectivity index (χ0n) is 9.27. The monoisotopic (exact) mass is 300 g/mol. The molecule has 1 aromatic rings. The summed E-state index contributed by atoms with van der Waals surface area (Å²) in [7, 11) is -7.03. The van der Waals surface area contributed by atoms with Gasteiger partial charge in [-0.2, -0.15) is 0 Å². The quantitative estimate of drug-likeness (QED) is 0.334. The maximum absolute atomic E-state index is 9.29. The number of nitrogens with zero attached hydrogens (tertiary/aromatic N) is 2. The first-order valence-corrected chi connectivity index (χ1v) is 5.89. The van der Waals surface area contributed by atoms with Crippen LogP contribution in [0.2, 0.25) is 0 Å². The van der Waals surface area contributed by atoms with E-state index in [2.05, 4.69) is 9.29 Å². The minimum Gasteiger partial charge on any atom is -0.781 e. The molecule has 2 atom stereocenters. The van der Waals surface area contributed by atoms with Gasteiger partial charge >= 0.3 is 59.1 Å². The minimum atomic E-state index is -3.51. The predicted molar refractivity (Wildman–Crippen MR) is 49.3 cm³/mol. The topological polar surface area (TPSA) is 128 Å². The number of imidazole rings is 1. The number of hydrogen-bond donors (Lipinski definition) is 1. The van der Waals surface area contributed by atoms with Crippen LogP contribution in [0.15, 0.2) is 25.0 Å². The zero-order valence-corrected chi connectivity index (χ0v) is 15.3. The van der Waals surface area contributed by atoms with Crippen molar-refractivity contribution in [2.24, 2.45) is 0 Å². The van der Waals surface area contributed by atoms with Gasteiger partial charge < -0.3 is 28.6 Å². The van der Waals surface area contributed by atoms with Gasteiger partial charge in [0.1, 0.15) is 16.5 Å². The van der Waals surface area contributed by atoms with E-state index >= 15 is 0 Å². The first-order chi connectivity index (χ1) is 7.06. The predicted octanol–water partition coefficient (Wildman–Crippen LogP) is -6.62. The van der Waals surface area contributed by atoms with Gasteiger partial charge in [-0.15, -0.1) is 0 Å². The Kier molecular flexibility index (Phi) is 20.7. The molecule has 0 saturated carbocycles. The molecule has 0 aliphatic heterocycles. The molecule has 0 bridgehead atoms. The number of aliphatic hydroxyl groups excluding tert-OH is 1. The maximum atomic E-state index is 9.29. The average Bonchev–Trinajstić information content (AvgIpc) is 2.55. The molecule has 0 spiro atoms. The third-order valence-electron chi connectivity index (χ3n) is 0.930.